The fourth-order valence-corrected chi connectivity index (χ4v) is 4.45. The molecule has 1 amide bonds. The smallest absolute Gasteiger partial charge is 0.251 e. The molecule has 0 saturated heterocycles. The van der Waals surface area contributed by atoms with Crippen molar-refractivity contribution in [2.24, 2.45) is 0 Å². The third kappa shape index (κ3) is 3.42. The van der Waals surface area contributed by atoms with Gasteiger partial charge in [0.15, 0.2) is 5.13 Å². The Balaban J connectivity index is 1.47. The summed E-state index contributed by atoms with van der Waals surface area (Å²) in [7, 11) is 0. The van der Waals surface area contributed by atoms with Crippen LogP contribution in [-0.2, 0) is 0 Å². The molecule has 0 spiro atoms. The average Bonchev–Trinajstić information content (AvgIpc) is 3.21. The number of hydrogen-bond acceptors (Lipinski definition) is 4. The van der Waals surface area contributed by atoms with Crippen LogP contribution in [0.5, 0.6) is 0 Å². The monoisotopic (exact) mass is 369 g/mol. The minimum Gasteiger partial charge on any atom is -0.357 e. The molecular formula is C20H20FN3OS. The Morgan fingerprint density at radius 3 is 2.85 bits per heavy atom. The number of carbonyl (C=O) groups excluding carboxylic acids is 1. The summed E-state index contributed by atoms with van der Waals surface area (Å²) in [6.07, 6.45) is 2.97. The van der Waals surface area contributed by atoms with E-state index in [2.05, 4.69) is 15.6 Å². The number of anilines is 1. The van der Waals surface area contributed by atoms with Gasteiger partial charge in [-0.25, -0.2) is 9.37 Å². The van der Waals surface area contributed by atoms with Crippen molar-refractivity contribution in [2.75, 3.05) is 5.32 Å². The highest BCUT2D eigenvalue weighted by Crippen LogP contribution is 2.30. The van der Waals surface area contributed by atoms with Gasteiger partial charge < -0.3 is 10.6 Å². The number of rotatable bonds is 4. The van der Waals surface area contributed by atoms with Gasteiger partial charge in [0.2, 0.25) is 0 Å². The van der Waals surface area contributed by atoms with E-state index in [9.17, 15) is 9.18 Å². The van der Waals surface area contributed by atoms with E-state index in [0.717, 1.165) is 40.2 Å². The molecular weight excluding hydrogens is 349 g/mol. The Kier molecular flexibility index (Phi) is 4.59. The van der Waals surface area contributed by atoms with Crippen molar-refractivity contribution in [3.63, 3.8) is 0 Å². The maximum absolute atomic E-state index is 13.4. The lowest BCUT2D eigenvalue weighted by atomic mass is 10.1. The van der Waals surface area contributed by atoms with Gasteiger partial charge in [-0.3, -0.25) is 4.79 Å². The molecule has 2 N–H and O–H groups in total. The molecule has 4 rings (SSSR count). The van der Waals surface area contributed by atoms with Crippen LogP contribution in [0.25, 0.3) is 10.2 Å². The van der Waals surface area contributed by atoms with Gasteiger partial charge in [-0.15, -0.1) is 0 Å². The standard InChI is InChI=1S/C20H20FN3OS/c1-12-5-2-3-6-14(12)19(25)22-15-7-4-8-16(15)23-20-24-17-10-9-13(21)11-18(17)26-20/h2-3,5-6,9-11,15-16H,4,7-8H2,1H3,(H,22,25)(H,23,24)/t15-,16+/m0/s1. The van der Waals surface area contributed by atoms with Crippen LogP contribution in [0.2, 0.25) is 0 Å². The van der Waals surface area contributed by atoms with Gasteiger partial charge in [-0.1, -0.05) is 29.5 Å². The van der Waals surface area contributed by atoms with E-state index in [1.165, 1.54) is 23.5 Å². The SMILES string of the molecule is Cc1ccccc1C(=O)N[C@H]1CCC[C@H]1Nc1nc2ccc(F)cc2s1. The van der Waals surface area contributed by atoms with Gasteiger partial charge in [0, 0.05) is 17.6 Å². The first-order valence-electron chi connectivity index (χ1n) is 8.79. The predicted octanol–water partition coefficient (Wildman–Crippen LogP) is 4.51. The van der Waals surface area contributed by atoms with Crippen molar-refractivity contribution in [1.82, 2.24) is 10.3 Å². The van der Waals surface area contributed by atoms with E-state index < -0.39 is 0 Å². The minimum absolute atomic E-state index is 0.0341. The van der Waals surface area contributed by atoms with E-state index in [1.807, 2.05) is 31.2 Å². The van der Waals surface area contributed by atoms with Crippen molar-refractivity contribution in [3.05, 3.63) is 59.4 Å². The maximum atomic E-state index is 13.4. The first-order chi connectivity index (χ1) is 12.6. The minimum atomic E-state index is -0.253. The van der Waals surface area contributed by atoms with E-state index in [0.29, 0.717) is 5.56 Å². The number of thiazole rings is 1. The van der Waals surface area contributed by atoms with Crippen LogP contribution >= 0.6 is 11.3 Å². The van der Waals surface area contributed by atoms with E-state index >= 15 is 0 Å². The molecule has 1 aliphatic carbocycles. The highest BCUT2D eigenvalue weighted by molar-refractivity contribution is 7.22. The van der Waals surface area contributed by atoms with Crippen molar-refractivity contribution >= 4 is 32.6 Å². The zero-order chi connectivity index (χ0) is 18.1. The number of nitrogens with zero attached hydrogens (tertiary/aromatic N) is 1. The molecule has 26 heavy (non-hydrogen) atoms. The number of benzene rings is 2. The molecule has 0 aliphatic heterocycles. The van der Waals surface area contributed by atoms with Gasteiger partial charge >= 0.3 is 0 Å². The Bertz CT molecular complexity index is 955. The number of halogens is 1. The first kappa shape index (κ1) is 17.0. The second-order valence-corrected chi connectivity index (χ2v) is 7.74. The molecule has 4 nitrogen and oxygen atoms in total. The van der Waals surface area contributed by atoms with Crippen molar-refractivity contribution < 1.29 is 9.18 Å². The molecule has 0 bridgehead atoms. The van der Waals surface area contributed by atoms with Crippen LogP contribution in [0, 0.1) is 12.7 Å². The number of nitrogens with one attached hydrogen (secondary N) is 2. The quantitative estimate of drug-likeness (QED) is 0.712. The molecule has 1 aliphatic rings. The van der Waals surface area contributed by atoms with E-state index in [1.54, 1.807) is 6.07 Å². The highest BCUT2D eigenvalue weighted by atomic mass is 32.1. The Labute approximate surface area is 155 Å². The molecule has 0 unspecified atom stereocenters. The normalized spacial score (nSPS) is 19.6. The highest BCUT2D eigenvalue weighted by Gasteiger charge is 2.29. The van der Waals surface area contributed by atoms with E-state index in [-0.39, 0.29) is 23.8 Å². The molecule has 1 heterocycles. The molecule has 1 aromatic heterocycles. The van der Waals surface area contributed by atoms with Crippen LogP contribution < -0.4 is 10.6 Å². The van der Waals surface area contributed by atoms with Gasteiger partial charge in [0.25, 0.3) is 5.91 Å². The Morgan fingerprint density at radius 2 is 2.00 bits per heavy atom. The molecule has 1 saturated carbocycles. The summed E-state index contributed by atoms with van der Waals surface area (Å²) >= 11 is 1.44. The molecule has 6 heteroatoms. The van der Waals surface area contributed by atoms with Gasteiger partial charge in [-0.05, 0) is 56.0 Å². The number of aryl methyl sites for hydroxylation is 1. The van der Waals surface area contributed by atoms with Crippen molar-refractivity contribution in [1.29, 1.82) is 0 Å². The van der Waals surface area contributed by atoms with Gasteiger partial charge in [-0.2, -0.15) is 0 Å². The predicted molar refractivity (Wildman–Crippen MR) is 103 cm³/mol. The summed E-state index contributed by atoms with van der Waals surface area (Å²) in [5, 5.41) is 7.38. The second kappa shape index (κ2) is 7.03. The lowest BCUT2D eigenvalue weighted by Gasteiger charge is -2.22. The average molecular weight is 369 g/mol. The van der Waals surface area contributed by atoms with Gasteiger partial charge in [0.1, 0.15) is 5.82 Å². The van der Waals surface area contributed by atoms with Crippen molar-refractivity contribution in [3.8, 4) is 0 Å². The van der Waals surface area contributed by atoms with Crippen LogP contribution in [-0.4, -0.2) is 23.0 Å². The fraction of sp³-hybridized carbons (Fsp3) is 0.300. The number of aromatic nitrogens is 1. The molecule has 134 valence electrons. The Morgan fingerprint density at radius 1 is 1.19 bits per heavy atom. The molecule has 0 radical (unpaired) electrons. The zero-order valence-corrected chi connectivity index (χ0v) is 15.3. The van der Waals surface area contributed by atoms with Crippen LogP contribution in [0.4, 0.5) is 9.52 Å². The van der Waals surface area contributed by atoms with Gasteiger partial charge in [0.05, 0.1) is 10.2 Å². The van der Waals surface area contributed by atoms with Crippen LogP contribution in [0.1, 0.15) is 35.2 Å². The summed E-state index contributed by atoms with van der Waals surface area (Å²) in [5.41, 5.74) is 2.48. The topological polar surface area (TPSA) is 54.0 Å². The third-order valence-electron chi connectivity index (χ3n) is 4.88. The largest absolute Gasteiger partial charge is 0.357 e. The van der Waals surface area contributed by atoms with Crippen LogP contribution in [0.15, 0.2) is 42.5 Å². The summed E-state index contributed by atoms with van der Waals surface area (Å²) in [5.74, 6) is -0.287. The molecule has 2 aromatic carbocycles. The number of amides is 1. The molecule has 3 aromatic rings. The third-order valence-corrected chi connectivity index (χ3v) is 5.83. The lowest BCUT2D eigenvalue weighted by Crippen LogP contribution is -2.43. The molecule has 1 fully saturated rings. The molecule has 2 atom stereocenters. The fourth-order valence-electron chi connectivity index (χ4n) is 3.50. The summed E-state index contributed by atoms with van der Waals surface area (Å²) in [4.78, 5) is 17.1. The summed E-state index contributed by atoms with van der Waals surface area (Å²) in [6.45, 7) is 1.94. The zero-order valence-electron chi connectivity index (χ0n) is 14.5. The van der Waals surface area contributed by atoms with E-state index in [4.69, 9.17) is 0 Å². The first-order valence-corrected chi connectivity index (χ1v) is 9.61. The van der Waals surface area contributed by atoms with Crippen molar-refractivity contribution in [2.45, 2.75) is 38.3 Å². The number of carbonyl (C=O) groups is 1. The van der Waals surface area contributed by atoms with Crippen LogP contribution in [0.3, 0.4) is 0 Å². The summed E-state index contributed by atoms with van der Waals surface area (Å²) < 4.78 is 14.2. The lowest BCUT2D eigenvalue weighted by molar-refractivity contribution is 0.0935. The summed E-state index contributed by atoms with van der Waals surface area (Å²) in [6, 6.07) is 12.4. The Hall–Kier alpha value is -2.47. The maximum Gasteiger partial charge on any atom is 0.251 e. The second-order valence-electron chi connectivity index (χ2n) is 6.71. The number of fused-ring (bicyclic) bond motifs is 1. The number of hydrogen-bond donors (Lipinski definition) is 2.